The molecule has 0 aliphatic heterocycles. The average molecular weight is 152 g/mol. The zero-order chi connectivity index (χ0) is 4.50. The maximum atomic E-state index is 8.89. The van der Waals surface area contributed by atoms with Crippen molar-refractivity contribution in [3.63, 3.8) is 0 Å². The van der Waals surface area contributed by atoms with Gasteiger partial charge in [-0.1, -0.05) is 0 Å². The first kappa shape index (κ1) is 10.5. The second-order valence-electron chi connectivity index (χ2n) is 0.408. The van der Waals surface area contributed by atoms with Crippen molar-refractivity contribution in [2.75, 3.05) is 0 Å². The quantitative estimate of drug-likeness (QED) is 0.401. The topological polar surface area (TPSA) is 63.2 Å². The molecular formula is CaO3S2. The minimum Gasteiger partial charge on any atom is -0.780 e. The molecule has 0 aromatic carbocycles. The maximum Gasteiger partial charge on any atom is 2.00 e. The van der Waals surface area contributed by atoms with E-state index in [4.69, 9.17) is 13.3 Å². The molecule has 3 nitrogen and oxygen atoms in total. The van der Waals surface area contributed by atoms with Gasteiger partial charge in [-0.05, 0) is 11.2 Å². The molecular weight excluding hydrogens is 152 g/mol. The Hall–Kier alpha value is 1.55. The Morgan fingerprint density at radius 1 is 1.50 bits per heavy atom. The van der Waals surface area contributed by atoms with Gasteiger partial charge in [0, 0.05) is 0 Å². The molecule has 0 unspecified atom stereocenters. The van der Waals surface area contributed by atoms with Crippen molar-refractivity contribution < 1.29 is 13.3 Å². The minimum absolute atomic E-state index is 0. The molecule has 0 spiro atoms. The summed E-state index contributed by atoms with van der Waals surface area (Å²) in [4.78, 5) is 0. The van der Waals surface area contributed by atoms with Crippen LogP contribution in [0.15, 0.2) is 0 Å². The molecule has 0 bridgehead atoms. The van der Waals surface area contributed by atoms with Gasteiger partial charge < -0.3 is 9.11 Å². The Balaban J connectivity index is 0. The fraction of sp³-hybridized carbons (Fsp3) is 0. The Morgan fingerprint density at radius 3 is 1.50 bits per heavy atom. The van der Waals surface area contributed by atoms with Gasteiger partial charge >= 0.3 is 37.7 Å². The second kappa shape index (κ2) is 3.54. The molecule has 0 saturated heterocycles. The fourth-order valence-corrected chi connectivity index (χ4v) is 0. The van der Waals surface area contributed by atoms with E-state index >= 15 is 0 Å². The normalized spacial score (nSPS) is 9.67. The molecule has 32 valence electrons. The Labute approximate surface area is 70.4 Å². The van der Waals surface area contributed by atoms with Crippen LogP contribution in [0, 0.1) is 0 Å². The molecule has 0 amide bonds. The Bertz CT molecular complexity index is 92.0. The van der Waals surface area contributed by atoms with Crippen LogP contribution in [-0.2, 0) is 20.2 Å². The van der Waals surface area contributed by atoms with E-state index < -0.39 is 9.05 Å². The fourth-order valence-electron chi connectivity index (χ4n) is 0. The number of hydrogen-bond donors (Lipinski definition) is 0. The Kier molecular flexibility index (Phi) is 6.20. The van der Waals surface area contributed by atoms with Crippen molar-refractivity contribution in [2.45, 2.75) is 0 Å². The van der Waals surface area contributed by atoms with Crippen LogP contribution in [0.3, 0.4) is 0 Å². The molecule has 0 aromatic heterocycles. The van der Waals surface area contributed by atoms with E-state index in [1.54, 1.807) is 0 Å². The van der Waals surface area contributed by atoms with Crippen LogP contribution in [0.5, 0.6) is 0 Å². The van der Waals surface area contributed by atoms with Crippen LogP contribution in [0.2, 0.25) is 0 Å². The first-order valence-corrected chi connectivity index (χ1v) is 3.00. The van der Waals surface area contributed by atoms with Crippen molar-refractivity contribution >= 4 is 58.0 Å². The monoisotopic (exact) mass is 152 g/mol. The molecule has 0 atom stereocenters. The molecule has 0 N–H and O–H groups in total. The maximum absolute atomic E-state index is 8.89. The number of rotatable bonds is 0. The van der Waals surface area contributed by atoms with E-state index in [2.05, 4.69) is 11.2 Å². The summed E-state index contributed by atoms with van der Waals surface area (Å²) < 4.78 is 26.7. The van der Waals surface area contributed by atoms with E-state index in [1.807, 2.05) is 0 Å². The van der Waals surface area contributed by atoms with Crippen LogP contribution >= 0.6 is 0 Å². The molecule has 0 heterocycles. The van der Waals surface area contributed by atoms with Crippen molar-refractivity contribution in [1.29, 1.82) is 0 Å². The first-order chi connectivity index (χ1) is 2.00. The van der Waals surface area contributed by atoms with Crippen LogP contribution < -0.4 is 0 Å². The SMILES string of the molecule is O=S([O-])([O-])=S.[Ca+2]. The summed E-state index contributed by atoms with van der Waals surface area (Å²) in [6.45, 7) is 0. The van der Waals surface area contributed by atoms with Crippen LogP contribution in [-0.4, -0.2) is 51.1 Å². The molecule has 6 heavy (non-hydrogen) atoms. The molecule has 0 saturated carbocycles. The predicted octanol–water partition coefficient (Wildman–Crippen LogP) is -1.39. The molecule has 0 aromatic rings. The van der Waals surface area contributed by atoms with Gasteiger partial charge in [0.1, 0.15) is 0 Å². The summed E-state index contributed by atoms with van der Waals surface area (Å²) in [6.07, 6.45) is 0. The average Bonchev–Trinajstić information content (AvgIpc) is 0.722. The number of hydrogen-bond acceptors (Lipinski definition) is 4. The summed E-state index contributed by atoms with van der Waals surface area (Å²) >= 11 is 3.24. The zero-order valence-corrected chi connectivity index (χ0v) is 6.59. The summed E-state index contributed by atoms with van der Waals surface area (Å²) in [5.41, 5.74) is 0. The van der Waals surface area contributed by atoms with Crippen LogP contribution in [0.25, 0.3) is 0 Å². The van der Waals surface area contributed by atoms with Crippen LogP contribution in [0.1, 0.15) is 0 Å². The van der Waals surface area contributed by atoms with E-state index in [1.165, 1.54) is 0 Å². The van der Waals surface area contributed by atoms with Gasteiger partial charge in [-0.15, -0.1) is 9.05 Å². The van der Waals surface area contributed by atoms with Crippen molar-refractivity contribution in [3.8, 4) is 0 Å². The van der Waals surface area contributed by atoms with Gasteiger partial charge in [-0.3, -0.25) is 4.21 Å². The molecule has 6 heteroatoms. The summed E-state index contributed by atoms with van der Waals surface area (Å²) in [6, 6.07) is 0. The molecule has 0 radical (unpaired) electrons. The van der Waals surface area contributed by atoms with Crippen molar-refractivity contribution in [3.05, 3.63) is 0 Å². The summed E-state index contributed by atoms with van der Waals surface area (Å²) in [5, 5.41) is 0. The van der Waals surface area contributed by atoms with E-state index in [0.717, 1.165) is 0 Å². The van der Waals surface area contributed by atoms with E-state index in [9.17, 15) is 0 Å². The molecule has 0 aliphatic rings. The third kappa shape index (κ3) is 47.8. The molecule has 0 fully saturated rings. The first-order valence-electron chi connectivity index (χ1n) is 0.667. The third-order valence-electron chi connectivity index (χ3n) is 0. The Morgan fingerprint density at radius 2 is 1.50 bits per heavy atom. The van der Waals surface area contributed by atoms with E-state index in [0.29, 0.717) is 0 Å². The summed E-state index contributed by atoms with van der Waals surface area (Å²) in [5.74, 6) is 0. The third-order valence-corrected chi connectivity index (χ3v) is 0. The second-order valence-corrected chi connectivity index (χ2v) is 2.45. The van der Waals surface area contributed by atoms with Gasteiger partial charge in [-0.2, -0.15) is 0 Å². The summed E-state index contributed by atoms with van der Waals surface area (Å²) in [7, 11) is -4.33. The van der Waals surface area contributed by atoms with Gasteiger partial charge in [0.15, 0.2) is 0 Å². The van der Waals surface area contributed by atoms with Crippen LogP contribution in [0.4, 0.5) is 0 Å². The van der Waals surface area contributed by atoms with Gasteiger partial charge in [0.05, 0.1) is 0 Å². The predicted molar refractivity (Wildman–Crippen MR) is 22.8 cm³/mol. The van der Waals surface area contributed by atoms with Gasteiger partial charge in [0.25, 0.3) is 0 Å². The standard InChI is InChI=1S/Ca.H2O3S2/c;1-5(2,3)4/h;(H2,1,2,3,4)/q+2;/p-2. The van der Waals surface area contributed by atoms with Crippen molar-refractivity contribution in [1.82, 2.24) is 0 Å². The zero-order valence-electron chi connectivity index (χ0n) is 2.75. The molecule has 0 aliphatic carbocycles. The molecule has 0 rings (SSSR count). The van der Waals surface area contributed by atoms with E-state index in [-0.39, 0.29) is 37.7 Å². The minimum atomic E-state index is -4.33. The van der Waals surface area contributed by atoms with Gasteiger partial charge in [-0.25, -0.2) is 0 Å². The smallest absolute Gasteiger partial charge is 0.780 e. The van der Waals surface area contributed by atoms with Crippen molar-refractivity contribution in [2.24, 2.45) is 0 Å². The largest absolute Gasteiger partial charge is 2.00 e. The van der Waals surface area contributed by atoms with Gasteiger partial charge in [0.2, 0.25) is 0 Å².